The second-order valence-corrected chi connectivity index (χ2v) is 8.55. The Morgan fingerprint density at radius 3 is 2.86 bits per heavy atom. The fourth-order valence-electron chi connectivity index (χ4n) is 4.70. The first-order valence-corrected chi connectivity index (χ1v) is 10.1. The van der Waals surface area contributed by atoms with Crippen molar-refractivity contribution in [2.75, 3.05) is 19.6 Å². The van der Waals surface area contributed by atoms with Crippen molar-refractivity contribution in [1.29, 1.82) is 5.41 Å². The average molecular weight is 400 g/mol. The molecular formula is C22H26F2N4O. The van der Waals surface area contributed by atoms with Crippen molar-refractivity contribution in [3.8, 4) is 0 Å². The van der Waals surface area contributed by atoms with Gasteiger partial charge in [0.1, 0.15) is 0 Å². The van der Waals surface area contributed by atoms with Crippen LogP contribution in [-0.2, 0) is 0 Å². The number of hydrogen-bond donors (Lipinski definition) is 2. The van der Waals surface area contributed by atoms with Crippen molar-refractivity contribution in [3.05, 3.63) is 41.6 Å². The highest BCUT2D eigenvalue weighted by Gasteiger charge is 2.45. The number of amides is 2. The van der Waals surface area contributed by atoms with E-state index in [2.05, 4.69) is 17.2 Å². The summed E-state index contributed by atoms with van der Waals surface area (Å²) in [5.74, 6) is -2.18. The number of rotatable bonds is 4. The molecule has 1 aromatic heterocycles. The normalized spacial score (nSPS) is 24.2. The highest BCUT2D eigenvalue weighted by molar-refractivity contribution is 5.98. The molecule has 2 aliphatic rings. The fourth-order valence-corrected chi connectivity index (χ4v) is 4.70. The molecule has 2 unspecified atom stereocenters. The number of benzene rings is 1. The molecule has 29 heavy (non-hydrogen) atoms. The Morgan fingerprint density at radius 2 is 2.14 bits per heavy atom. The topological polar surface area (TPSA) is 69.1 Å². The number of aromatic nitrogens is 1. The van der Waals surface area contributed by atoms with Crippen molar-refractivity contribution < 1.29 is 13.6 Å². The van der Waals surface area contributed by atoms with Crippen LogP contribution >= 0.6 is 0 Å². The highest BCUT2D eigenvalue weighted by Crippen LogP contribution is 2.42. The lowest BCUT2D eigenvalue weighted by atomic mass is 9.81. The first-order valence-electron chi connectivity index (χ1n) is 10.1. The van der Waals surface area contributed by atoms with Gasteiger partial charge in [0.05, 0.1) is 5.52 Å². The molecule has 2 fully saturated rings. The Bertz CT molecular complexity index is 924. The second-order valence-electron chi connectivity index (χ2n) is 8.55. The Hall–Kier alpha value is -2.57. The molecule has 0 bridgehead atoms. The minimum absolute atomic E-state index is 0.129. The van der Waals surface area contributed by atoms with Crippen LogP contribution in [0.15, 0.2) is 30.5 Å². The molecule has 2 atom stereocenters. The van der Waals surface area contributed by atoms with Gasteiger partial charge in [0.15, 0.2) is 0 Å². The summed E-state index contributed by atoms with van der Waals surface area (Å²) >= 11 is 0. The third-order valence-electron chi connectivity index (χ3n) is 6.09. The smallest absolute Gasteiger partial charge is 0.317 e. The summed E-state index contributed by atoms with van der Waals surface area (Å²) in [4.78, 5) is 18.9. The van der Waals surface area contributed by atoms with Gasteiger partial charge in [-0.3, -0.25) is 4.98 Å². The molecule has 2 N–H and O–H groups in total. The zero-order chi connectivity index (χ0) is 20.6. The molecule has 1 aliphatic carbocycles. The van der Waals surface area contributed by atoms with Gasteiger partial charge in [0.2, 0.25) is 5.92 Å². The van der Waals surface area contributed by atoms with Crippen LogP contribution in [-0.4, -0.2) is 47.7 Å². The maximum atomic E-state index is 13.0. The molecule has 4 rings (SSSR count). The van der Waals surface area contributed by atoms with E-state index in [1.54, 1.807) is 6.20 Å². The number of carbonyl (C=O) groups excluding carboxylic acids is 1. The molecule has 1 saturated heterocycles. The zero-order valence-corrected chi connectivity index (χ0v) is 16.5. The quantitative estimate of drug-likeness (QED) is 0.747. The van der Waals surface area contributed by atoms with Crippen LogP contribution in [0.25, 0.3) is 10.9 Å². The van der Waals surface area contributed by atoms with Gasteiger partial charge in [0, 0.05) is 61.8 Å². The standard InChI is InChI=1S/C22H26F2N4O/c1-14-7-17(18-5-4-16(10-25)20-19(18)3-2-6-26-20)13-28(12-14)21(29)27-11-15-8-22(23,24)9-15/h2-6,10,14-15,17,25H,7-9,11-13H2,1H3,(H,27,29). The summed E-state index contributed by atoms with van der Waals surface area (Å²) < 4.78 is 26.0. The fraction of sp³-hybridized carbons (Fsp3) is 0.500. The molecule has 1 aromatic carbocycles. The van der Waals surface area contributed by atoms with E-state index in [0.717, 1.165) is 28.5 Å². The molecule has 1 aliphatic heterocycles. The summed E-state index contributed by atoms with van der Waals surface area (Å²) in [6, 6.07) is 7.70. The summed E-state index contributed by atoms with van der Waals surface area (Å²) in [5.41, 5.74) is 2.72. The molecular weight excluding hydrogens is 374 g/mol. The third-order valence-corrected chi connectivity index (χ3v) is 6.09. The van der Waals surface area contributed by atoms with E-state index in [-0.39, 0.29) is 30.7 Å². The summed E-state index contributed by atoms with van der Waals surface area (Å²) in [6.07, 6.45) is 3.74. The van der Waals surface area contributed by atoms with E-state index in [9.17, 15) is 13.6 Å². The summed E-state index contributed by atoms with van der Waals surface area (Å²) in [7, 11) is 0. The van der Waals surface area contributed by atoms with Gasteiger partial charge >= 0.3 is 6.03 Å². The number of nitrogens with one attached hydrogen (secondary N) is 2. The third kappa shape index (κ3) is 4.09. The second kappa shape index (κ2) is 7.69. The van der Waals surface area contributed by atoms with E-state index in [0.29, 0.717) is 25.6 Å². The Balaban J connectivity index is 1.49. The SMILES string of the molecule is CC1CC(c2ccc(C=N)c3ncccc23)CN(C(=O)NCC2CC(F)(F)C2)C1. The number of carbonyl (C=O) groups is 1. The predicted octanol–water partition coefficient (Wildman–Crippen LogP) is 4.41. The number of urea groups is 1. The predicted molar refractivity (Wildman–Crippen MR) is 109 cm³/mol. The molecule has 0 spiro atoms. The van der Waals surface area contributed by atoms with Gasteiger partial charge in [-0.15, -0.1) is 0 Å². The lowest BCUT2D eigenvalue weighted by Gasteiger charge is -2.38. The number of piperidine rings is 1. The van der Waals surface area contributed by atoms with Gasteiger partial charge in [-0.25, -0.2) is 13.6 Å². The van der Waals surface area contributed by atoms with Crippen LogP contribution in [0.3, 0.4) is 0 Å². The highest BCUT2D eigenvalue weighted by atomic mass is 19.3. The molecule has 154 valence electrons. The molecule has 5 nitrogen and oxygen atoms in total. The number of likely N-dealkylation sites (tertiary alicyclic amines) is 1. The van der Waals surface area contributed by atoms with Crippen molar-refractivity contribution in [3.63, 3.8) is 0 Å². The van der Waals surface area contributed by atoms with Crippen molar-refractivity contribution >= 4 is 23.1 Å². The molecule has 7 heteroatoms. The first-order chi connectivity index (χ1) is 13.9. The van der Waals surface area contributed by atoms with Crippen LogP contribution < -0.4 is 5.32 Å². The monoisotopic (exact) mass is 400 g/mol. The molecule has 2 aromatic rings. The van der Waals surface area contributed by atoms with Gasteiger partial charge in [-0.2, -0.15) is 0 Å². The Kier molecular flexibility index (Phi) is 5.23. The lowest BCUT2D eigenvalue weighted by Crippen LogP contribution is -2.50. The van der Waals surface area contributed by atoms with E-state index < -0.39 is 5.92 Å². The van der Waals surface area contributed by atoms with Crippen LogP contribution in [0.2, 0.25) is 0 Å². The van der Waals surface area contributed by atoms with Gasteiger partial charge < -0.3 is 15.6 Å². The van der Waals surface area contributed by atoms with Crippen LogP contribution in [0.5, 0.6) is 0 Å². The van der Waals surface area contributed by atoms with Gasteiger partial charge in [-0.05, 0) is 29.9 Å². The largest absolute Gasteiger partial charge is 0.338 e. The number of hydrogen-bond acceptors (Lipinski definition) is 3. The van der Waals surface area contributed by atoms with Gasteiger partial charge in [-0.1, -0.05) is 25.1 Å². The minimum atomic E-state index is -2.56. The molecule has 2 amide bonds. The summed E-state index contributed by atoms with van der Waals surface area (Å²) in [5, 5.41) is 11.5. The zero-order valence-electron chi connectivity index (χ0n) is 16.5. The van der Waals surface area contributed by atoms with Crippen LogP contribution in [0, 0.1) is 17.2 Å². The van der Waals surface area contributed by atoms with Crippen molar-refractivity contribution in [1.82, 2.24) is 15.2 Å². The van der Waals surface area contributed by atoms with E-state index in [1.807, 2.05) is 29.2 Å². The van der Waals surface area contributed by atoms with Gasteiger partial charge in [0.25, 0.3) is 0 Å². The lowest BCUT2D eigenvalue weighted by molar-refractivity contribution is -0.108. The first kappa shape index (κ1) is 19.7. The Morgan fingerprint density at radius 1 is 1.34 bits per heavy atom. The van der Waals surface area contributed by atoms with Crippen molar-refractivity contribution in [2.24, 2.45) is 11.8 Å². The maximum absolute atomic E-state index is 13.0. The van der Waals surface area contributed by atoms with E-state index >= 15 is 0 Å². The Labute approximate surface area is 169 Å². The number of alkyl halides is 2. The van der Waals surface area contributed by atoms with E-state index in [1.165, 1.54) is 6.21 Å². The van der Waals surface area contributed by atoms with Crippen molar-refractivity contribution in [2.45, 2.75) is 38.0 Å². The van der Waals surface area contributed by atoms with E-state index in [4.69, 9.17) is 5.41 Å². The molecule has 1 saturated carbocycles. The number of pyridine rings is 1. The average Bonchev–Trinajstić information content (AvgIpc) is 2.69. The maximum Gasteiger partial charge on any atom is 0.317 e. The number of fused-ring (bicyclic) bond motifs is 1. The minimum Gasteiger partial charge on any atom is -0.338 e. The summed E-state index contributed by atoms with van der Waals surface area (Å²) in [6.45, 7) is 3.69. The van der Waals surface area contributed by atoms with Crippen LogP contribution in [0.1, 0.15) is 43.2 Å². The number of nitrogens with zero attached hydrogens (tertiary/aromatic N) is 2. The van der Waals surface area contributed by atoms with Crippen LogP contribution in [0.4, 0.5) is 13.6 Å². The molecule has 2 heterocycles. The molecule has 0 radical (unpaired) electrons. The number of halogens is 2.